The van der Waals surface area contributed by atoms with Crippen LogP contribution in [0.25, 0.3) is 11.1 Å². The molecule has 2 amide bonds. The van der Waals surface area contributed by atoms with Gasteiger partial charge in [-0.3, -0.25) is 15.0 Å². The van der Waals surface area contributed by atoms with Crippen LogP contribution in [0, 0.1) is 28.1 Å². The second kappa shape index (κ2) is 11.0. The summed E-state index contributed by atoms with van der Waals surface area (Å²) in [6.07, 6.45) is -4.94. The molecule has 0 saturated carbocycles. The Kier molecular flexibility index (Phi) is 7.92. The number of phenolic OH excluding ortho intramolecular Hbond substituents is 1. The van der Waals surface area contributed by atoms with Crippen molar-refractivity contribution >= 4 is 34.9 Å². The molecule has 0 spiro atoms. The Labute approximate surface area is 224 Å². The molecule has 40 heavy (non-hydrogen) atoms. The smallest absolute Gasteiger partial charge is 0.417 e. The summed E-state index contributed by atoms with van der Waals surface area (Å²) in [5.74, 6) is -4.01. The minimum atomic E-state index is -4.94. The zero-order chi connectivity index (χ0) is 29.9. The van der Waals surface area contributed by atoms with Gasteiger partial charge in [-0.25, -0.2) is 4.79 Å². The molecule has 0 aliphatic heterocycles. The van der Waals surface area contributed by atoms with Crippen LogP contribution in [0.2, 0.25) is 0 Å². The Morgan fingerprint density at radius 1 is 0.975 bits per heavy atom. The van der Waals surface area contributed by atoms with Crippen LogP contribution in [-0.2, 0) is 15.8 Å². The van der Waals surface area contributed by atoms with Crippen LogP contribution in [0.15, 0.2) is 48.5 Å². The van der Waals surface area contributed by atoms with Gasteiger partial charge in [-0.1, -0.05) is 6.07 Å². The van der Waals surface area contributed by atoms with Crippen molar-refractivity contribution in [2.45, 2.75) is 13.1 Å². The first-order chi connectivity index (χ1) is 18.7. The molecule has 0 bridgehead atoms. The minimum Gasteiger partial charge on any atom is -0.507 e. The normalized spacial score (nSPS) is 10.7. The van der Waals surface area contributed by atoms with E-state index in [4.69, 9.17) is 10.7 Å². The predicted octanol–water partition coefficient (Wildman–Crippen LogP) is 4.51. The molecular weight excluding hydrogens is 531 g/mol. The molecule has 3 aromatic carbocycles. The van der Waals surface area contributed by atoms with Crippen molar-refractivity contribution in [1.29, 1.82) is 15.9 Å². The Hall–Kier alpha value is -5.69. The van der Waals surface area contributed by atoms with Gasteiger partial charge in [0.05, 0.1) is 40.1 Å². The fraction of sp³-hybridized carbons (Fsp3) is 0.111. The quantitative estimate of drug-likeness (QED) is 0.327. The number of phenols is 1. The van der Waals surface area contributed by atoms with Crippen LogP contribution in [-0.4, -0.2) is 40.8 Å². The largest absolute Gasteiger partial charge is 0.507 e. The summed E-state index contributed by atoms with van der Waals surface area (Å²) in [5.41, 5.74) is -4.82. The van der Waals surface area contributed by atoms with Crippen molar-refractivity contribution in [2.24, 2.45) is 0 Å². The van der Waals surface area contributed by atoms with Gasteiger partial charge in [-0.2, -0.15) is 23.7 Å². The summed E-state index contributed by atoms with van der Waals surface area (Å²) >= 11 is 0. The van der Waals surface area contributed by atoms with E-state index in [1.807, 2.05) is 0 Å². The zero-order valence-corrected chi connectivity index (χ0v) is 20.7. The van der Waals surface area contributed by atoms with Gasteiger partial charge in [0.2, 0.25) is 5.91 Å². The van der Waals surface area contributed by atoms with Crippen molar-refractivity contribution in [2.75, 3.05) is 17.3 Å². The predicted molar refractivity (Wildman–Crippen MR) is 136 cm³/mol. The molecule has 202 valence electrons. The number of alkyl halides is 3. The molecule has 13 heteroatoms. The summed E-state index contributed by atoms with van der Waals surface area (Å²) < 4.78 is 42.2. The lowest BCUT2D eigenvalue weighted by Crippen LogP contribution is -2.24. The Morgan fingerprint density at radius 3 is 2.20 bits per heavy atom. The topological polar surface area (TPSA) is 178 Å². The number of hydrogen-bond acceptors (Lipinski definition) is 7. The highest BCUT2D eigenvalue weighted by Crippen LogP contribution is 2.41. The van der Waals surface area contributed by atoms with Crippen molar-refractivity contribution in [3.63, 3.8) is 0 Å². The fourth-order valence-corrected chi connectivity index (χ4v) is 3.70. The lowest BCUT2D eigenvalue weighted by atomic mass is 9.91. The molecule has 4 N–H and O–H groups in total. The number of nitrogens with one attached hydrogen (secondary N) is 2. The number of nitrogens with zero attached hydrogens (tertiary/aromatic N) is 3. The highest BCUT2D eigenvalue weighted by molar-refractivity contribution is 6.48. The Balaban J connectivity index is 2.13. The third-order valence-electron chi connectivity index (χ3n) is 5.84. The van der Waals surface area contributed by atoms with E-state index in [2.05, 4.69) is 5.32 Å². The number of anilines is 2. The van der Waals surface area contributed by atoms with Gasteiger partial charge in [-0.05, 0) is 48.0 Å². The number of halogens is 3. The maximum atomic E-state index is 14.1. The van der Waals surface area contributed by atoms with Crippen molar-refractivity contribution in [1.82, 2.24) is 0 Å². The summed E-state index contributed by atoms with van der Waals surface area (Å²) in [7, 11) is 1.28. The molecule has 3 aromatic rings. The average molecular weight is 549 g/mol. The standard InChI is InChI=1S/C27H18F3N5O5/c1-13(36)35(2)16-4-5-17(21(9-16)27(28,29)30)18-10-20(23(37)8-15(18)12-32)24(33)25(38)34-22-6-3-14(11-31)7-19(22)26(39)40/h3-10,33,37H,1-2H3,(H,34,38)(H,39,40). The minimum absolute atomic E-state index is 0.0131. The molecule has 0 radical (unpaired) electrons. The summed E-state index contributed by atoms with van der Waals surface area (Å²) in [6, 6.07) is 11.4. The average Bonchev–Trinajstić information content (AvgIpc) is 2.91. The highest BCUT2D eigenvalue weighted by Gasteiger charge is 2.35. The summed E-state index contributed by atoms with van der Waals surface area (Å²) in [5, 5.41) is 48.8. The molecule has 0 fully saturated rings. The van der Waals surface area contributed by atoms with E-state index >= 15 is 0 Å². The third kappa shape index (κ3) is 5.74. The van der Waals surface area contributed by atoms with E-state index in [0.717, 1.165) is 42.2 Å². The molecule has 0 atom stereocenters. The third-order valence-corrected chi connectivity index (χ3v) is 5.84. The summed E-state index contributed by atoms with van der Waals surface area (Å²) in [4.78, 5) is 37.0. The molecule has 0 saturated heterocycles. The number of aromatic hydroxyl groups is 1. The van der Waals surface area contributed by atoms with Gasteiger partial charge in [0.25, 0.3) is 5.91 Å². The molecule has 3 rings (SSSR count). The van der Waals surface area contributed by atoms with E-state index in [1.165, 1.54) is 19.2 Å². The Morgan fingerprint density at radius 2 is 1.65 bits per heavy atom. The SMILES string of the molecule is CC(=O)N(C)c1ccc(-c2cc(C(=N)C(=O)Nc3ccc(C#N)cc3C(=O)O)c(O)cc2C#N)c(C(F)(F)F)c1. The second-order valence-electron chi connectivity index (χ2n) is 8.34. The first kappa shape index (κ1) is 28.9. The van der Waals surface area contributed by atoms with Crippen LogP contribution >= 0.6 is 0 Å². The molecule has 10 nitrogen and oxygen atoms in total. The van der Waals surface area contributed by atoms with Crippen LogP contribution in [0.3, 0.4) is 0 Å². The monoisotopic (exact) mass is 549 g/mol. The van der Waals surface area contributed by atoms with Gasteiger partial charge >= 0.3 is 12.1 Å². The number of amides is 2. The van der Waals surface area contributed by atoms with E-state index in [0.29, 0.717) is 6.07 Å². The number of benzene rings is 3. The van der Waals surface area contributed by atoms with Crippen molar-refractivity contribution in [3.8, 4) is 29.0 Å². The van der Waals surface area contributed by atoms with Crippen LogP contribution in [0.1, 0.15) is 39.5 Å². The van der Waals surface area contributed by atoms with Gasteiger partial charge in [-0.15, -0.1) is 0 Å². The first-order valence-electron chi connectivity index (χ1n) is 11.1. The number of carbonyl (C=O) groups excluding carboxylic acids is 2. The van der Waals surface area contributed by atoms with Crippen LogP contribution in [0.5, 0.6) is 5.75 Å². The molecule has 0 aromatic heterocycles. The van der Waals surface area contributed by atoms with E-state index in [9.17, 15) is 43.0 Å². The molecular formula is C27H18F3N5O5. The van der Waals surface area contributed by atoms with Crippen molar-refractivity contribution < 1.29 is 37.8 Å². The van der Waals surface area contributed by atoms with Crippen molar-refractivity contribution in [3.05, 3.63) is 76.3 Å². The number of carbonyl (C=O) groups is 3. The van der Waals surface area contributed by atoms with Gasteiger partial charge in [0, 0.05) is 30.8 Å². The lowest BCUT2D eigenvalue weighted by molar-refractivity contribution is -0.137. The maximum absolute atomic E-state index is 14.1. The van der Waals surface area contributed by atoms with Crippen LogP contribution in [0.4, 0.5) is 24.5 Å². The first-order valence-corrected chi connectivity index (χ1v) is 11.1. The molecule has 0 aliphatic rings. The number of nitriles is 2. The summed E-state index contributed by atoms with van der Waals surface area (Å²) in [6.45, 7) is 1.16. The molecule has 0 heterocycles. The van der Waals surface area contributed by atoms with E-state index in [1.54, 1.807) is 12.1 Å². The number of carboxylic acid groups (broad SMARTS) is 1. The number of carboxylic acids is 1. The van der Waals surface area contributed by atoms with Gasteiger partial charge < -0.3 is 20.4 Å². The second-order valence-corrected chi connectivity index (χ2v) is 8.34. The number of rotatable bonds is 6. The molecule has 0 aliphatic carbocycles. The maximum Gasteiger partial charge on any atom is 0.417 e. The fourth-order valence-electron chi connectivity index (χ4n) is 3.70. The van der Waals surface area contributed by atoms with Gasteiger partial charge in [0.15, 0.2) is 0 Å². The molecule has 0 unspecified atom stereocenters. The van der Waals surface area contributed by atoms with Gasteiger partial charge in [0.1, 0.15) is 11.5 Å². The Bertz CT molecular complexity index is 1670. The highest BCUT2D eigenvalue weighted by atomic mass is 19.4. The van der Waals surface area contributed by atoms with E-state index < -0.39 is 63.2 Å². The number of hydrogen-bond donors (Lipinski definition) is 4. The number of aromatic carboxylic acids is 1. The lowest BCUT2D eigenvalue weighted by Gasteiger charge is -2.20. The van der Waals surface area contributed by atoms with Crippen LogP contribution < -0.4 is 10.2 Å². The zero-order valence-electron chi connectivity index (χ0n) is 20.7. The van der Waals surface area contributed by atoms with E-state index in [-0.39, 0.29) is 22.5 Å².